The van der Waals surface area contributed by atoms with Gasteiger partial charge in [-0.25, -0.2) is 0 Å². The van der Waals surface area contributed by atoms with Crippen LogP contribution in [-0.2, 0) is 13.0 Å². The van der Waals surface area contributed by atoms with E-state index in [1.807, 2.05) is 43.0 Å². The van der Waals surface area contributed by atoms with Gasteiger partial charge in [0.1, 0.15) is 0 Å². The zero-order valence-corrected chi connectivity index (χ0v) is 10.8. The SMILES string of the molecule is CCCC(O)c1ccn(CCc2ccncc2)c1. The first-order valence-electron chi connectivity index (χ1n) is 6.52. The highest BCUT2D eigenvalue weighted by molar-refractivity contribution is 5.14. The van der Waals surface area contributed by atoms with E-state index in [1.54, 1.807) is 0 Å². The maximum absolute atomic E-state index is 9.90. The number of rotatable bonds is 6. The molecule has 2 rings (SSSR count). The van der Waals surface area contributed by atoms with Crippen LogP contribution in [0.5, 0.6) is 0 Å². The van der Waals surface area contributed by atoms with Crippen LogP contribution in [0.4, 0.5) is 0 Å². The average Bonchev–Trinajstić information content (AvgIpc) is 2.87. The van der Waals surface area contributed by atoms with Crippen molar-refractivity contribution in [2.24, 2.45) is 0 Å². The molecule has 1 atom stereocenters. The molecule has 0 aliphatic heterocycles. The number of hydrogen-bond donors (Lipinski definition) is 1. The van der Waals surface area contributed by atoms with E-state index in [-0.39, 0.29) is 6.10 Å². The Labute approximate surface area is 108 Å². The average molecular weight is 244 g/mol. The standard InChI is InChI=1S/C15H20N2O/c1-2-3-15(18)14-7-11-17(12-14)10-6-13-4-8-16-9-5-13/h4-5,7-9,11-12,15,18H,2-3,6,10H2,1H3. The minimum absolute atomic E-state index is 0.322. The summed E-state index contributed by atoms with van der Waals surface area (Å²) >= 11 is 0. The predicted octanol–water partition coefficient (Wildman–Crippen LogP) is 2.96. The van der Waals surface area contributed by atoms with Crippen molar-refractivity contribution in [1.82, 2.24) is 9.55 Å². The Balaban J connectivity index is 1.91. The molecule has 18 heavy (non-hydrogen) atoms. The normalized spacial score (nSPS) is 12.6. The smallest absolute Gasteiger partial charge is 0.0804 e. The molecule has 0 fully saturated rings. The van der Waals surface area contributed by atoms with Gasteiger partial charge in [-0.15, -0.1) is 0 Å². The molecule has 0 radical (unpaired) electrons. The number of aliphatic hydroxyl groups excluding tert-OH is 1. The van der Waals surface area contributed by atoms with E-state index < -0.39 is 0 Å². The quantitative estimate of drug-likeness (QED) is 0.848. The van der Waals surface area contributed by atoms with Crippen LogP contribution in [0.15, 0.2) is 43.0 Å². The van der Waals surface area contributed by atoms with Crippen LogP contribution >= 0.6 is 0 Å². The molecule has 2 aromatic rings. The summed E-state index contributed by atoms with van der Waals surface area (Å²) in [6.07, 6.45) is 10.2. The highest BCUT2D eigenvalue weighted by Crippen LogP contribution is 2.18. The maximum Gasteiger partial charge on any atom is 0.0804 e. The van der Waals surface area contributed by atoms with Crippen molar-refractivity contribution in [2.45, 2.75) is 38.8 Å². The second-order valence-electron chi connectivity index (χ2n) is 4.59. The first-order valence-corrected chi connectivity index (χ1v) is 6.52. The summed E-state index contributed by atoms with van der Waals surface area (Å²) in [5.41, 5.74) is 2.31. The van der Waals surface area contributed by atoms with Crippen molar-refractivity contribution in [3.63, 3.8) is 0 Å². The van der Waals surface area contributed by atoms with Crippen LogP contribution < -0.4 is 0 Å². The third kappa shape index (κ3) is 3.44. The van der Waals surface area contributed by atoms with E-state index in [4.69, 9.17) is 0 Å². The topological polar surface area (TPSA) is 38.0 Å². The Morgan fingerprint density at radius 1 is 1.28 bits per heavy atom. The van der Waals surface area contributed by atoms with E-state index in [2.05, 4.69) is 16.5 Å². The molecule has 3 heteroatoms. The van der Waals surface area contributed by atoms with Gasteiger partial charge in [0.25, 0.3) is 0 Å². The molecule has 3 nitrogen and oxygen atoms in total. The molecule has 2 aromatic heterocycles. The number of aryl methyl sites for hydroxylation is 2. The lowest BCUT2D eigenvalue weighted by Crippen LogP contribution is -1.99. The lowest BCUT2D eigenvalue weighted by molar-refractivity contribution is 0.166. The van der Waals surface area contributed by atoms with Crippen molar-refractivity contribution >= 4 is 0 Å². The third-order valence-corrected chi connectivity index (χ3v) is 3.13. The van der Waals surface area contributed by atoms with Gasteiger partial charge in [0.2, 0.25) is 0 Å². The molecular weight excluding hydrogens is 224 g/mol. The van der Waals surface area contributed by atoms with Crippen LogP contribution in [-0.4, -0.2) is 14.7 Å². The summed E-state index contributed by atoms with van der Waals surface area (Å²) in [4.78, 5) is 4.01. The molecule has 0 spiro atoms. The van der Waals surface area contributed by atoms with E-state index in [1.165, 1.54) is 5.56 Å². The Morgan fingerprint density at radius 2 is 2.06 bits per heavy atom. The molecule has 0 saturated carbocycles. The first kappa shape index (κ1) is 12.8. The van der Waals surface area contributed by atoms with Crippen LogP contribution in [0.2, 0.25) is 0 Å². The Hall–Kier alpha value is -1.61. The molecular formula is C15H20N2O. The molecule has 0 bridgehead atoms. The minimum atomic E-state index is -0.322. The largest absolute Gasteiger partial charge is 0.388 e. The molecule has 2 heterocycles. The number of pyridine rings is 1. The Bertz CT molecular complexity index is 464. The summed E-state index contributed by atoms with van der Waals surface area (Å²) in [7, 11) is 0. The van der Waals surface area contributed by atoms with Gasteiger partial charge in [-0.3, -0.25) is 4.98 Å². The molecule has 0 amide bonds. The van der Waals surface area contributed by atoms with Crippen molar-refractivity contribution in [3.05, 3.63) is 54.1 Å². The number of hydrogen-bond acceptors (Lipinski definition) is 2. The number of nitrogens with zero attached hydrogens (tertiary/aromatic N) is 2. The fraction of sp³-hybridized carbons (Fsp3) is 0.400. The molecule has 1 N–H and O–H groups in total. The molecule has 0 aliphatic rings. The Kier molecular flexibility index (Phi) is 4.53. The van der Waals surface area contributed by atoms with E-state index in [0.717, 1.165) is 31.4 Å². The van der Waals surface area contributed by atoms with Gasteiger partial charge in [0.15, 0.2) is 0 Å². The fourth-order valence-electron chi connectivity index (χ4n) is 2.04. The molecule has 0 aromatic carbocycles. The minimum Gasteiger partial charge on any atom is -0.388 e. The number of aliphatic hydroxyl groups is 1. The Morgan fingerprint density at radius 3 is 2.78 bits per heavy atom. The van der Waals surface area contributed by atoms with Gasteiger partial charge in [0.05, 0.1) is 6.10 Å². The van der Waals surface area contributed by atoms with Gasteiger partial charge < -0.3 is 9.67 Å². The zero-order chi connectivity index (χ0) is 12.8. The molecule has 0 aliphatic carbocycles. The summed E-state index contributed by atoms with van der Waals surface area (Å²) in [6.45, 7) is 3.02. The van der Waals surface area contributed by atoms with Crippen molar-refractivity contribution in [2.75, 3.05) is 0 Å². The highest BCUT2D eigenvalue weighted by Gasteiger charge is 2.07. The molecule has 96 valence electrons. The summed E-state index contributed by atoms with van der Waals surface area (Å²) in [5.74, 6) is 0. The second-order valence-corrected chi connectivity index (χ2v) is 4.59. The third-order valence-electron chi connectivity index (χ3n) is 3.13. The van der Waals surface area contributed by atoms with Gasteiger partial charge in [-0.05, 0) is 42.2 Å². The summed E-state index contributed by atoms with van der Waals surface area (Å²) in [6, 6.07) is 6.08. The maximum atomic E-state index is 9.90. The van der Waals surface area contributed by atoms with Crippen molar-refractivity contribution < 1.29 is 5.11 Å². The van der Waals surface area contributed by atoms with Crippen molar-refractivity contribution in [1.29, 1.82) is 0 Å². The summed E-state index contributed by atoms with van der Waals surface area (Å²) < 4.78 is 2.13. The second kappa shape index (κ2) is 6.36. The van der Waals surface area contributed by atoms with Gasteiger partial charge >= 0.3 is 0 Å². The van der Waals surface area contributed by atoms with E-state index in [9.17, 15) is 5.11 Å². The first-order chi connectivity index (χ1) is 8.79. The lowest BCUT2D eigenvalue weighted by Gasteiger charge is -2.06. The highest BCUT2D eigenvalue weighted by atomic mass is 16.3. The summed E-state index contributed by atoms with van der Waals surface area (Å²) in [5, 5.41) is 9.90. The van der Waals surface area contributed by atoms with E-state index >= 15 is 0 Å². The van der Waals surface area contributed by atoms with Gasteiger partial charge in [0, 0.05) is 31.3 Å². The van der Waals surface area contributed by atoms with E-state index in [0.29, 0.717) is 0 Å². The monoisotopic (exact) mass is 244 g/mol. The van der Waals surface area contributed by atoms with Crippen LogP contribution in [0.1, 0.15) is 37.0 Å². The van der Waals surface area contributed by atoms with Crippen LogP contribution in [0.25, 0.3) is 0 Å². The predicted molar refractivity (Wildman–Crippen MR) is 72.2 cm³/mol. The van der Waals surface area contributed by atoms with Crippen molar-refractivity contribution in [3.8, 4) is 0 Å². The fourth-order valence-corrected chi connectivity index (χ4v) is 2.04. The molecule has 1 unspecified atom stereocenters. The molecule has 0 saturated heterocycles. The zero-order valence-electron chi connectivity index (χ0n) is 10.8. The number of aromatic nitrogens is 2. The van der Waals surface area contributed by atoms with Crippen LogP contribution in [0.3, 0.4) is 0 Å². The van der Waals surface area contributed by atoms with Crippen LogP contribution in [0, 0.1) is 0 Å². The van der Waals surface area contributed by atoms with Gasteiger partial charge in [-0.2, -0.15) is 0 Å². The van der Waals surface area contributed by atoms with Gasteiger partial charge in [-0.1, -0.05) is 13.3 Å². The lowest BCUT2D eigenvalue weighted by atomic mass is 10.1.